The molecule has 0 bridgehead atoms. The van der Waals surface area contributed by atoms with Crippen LogP contribution in [0.2, 0.25) is 0 Å². The molecular formula is C22H17N3O3. The highest BCUT2D eigenvalue weighted by atomic mass is 16.6. The molecule has 0 fully saturated rings. The van der Waals surface area contributed by atoms with Crippen LogP contribution in [0.15, 0.2) is 71.5 Å². The number of aromatic nitrogens is 2. The molecule has 0 unspecified atom stereocenters. The Morgan fingerprint density at radius 1 is 1.07 bits per heavy atom. The minimum atomic E-state index is -0.534. The van der Waals surface area contributed by atoms with Crippen LogP contribution >= 0.6 is 0 Å². The first-order valence-electron chi connectivity index (χ1n) is 8.77. The lowest BCUT2D eigenvalue weighted by molar-refractivity contribution is -0.129. The van der Waals surface area contributed by atoms with Crippen LogP contribution in [-0.2, 0) is 9.53 Å². The highest BCUT2D eigenvalue weighted by Crippen LogP contribution is 2.27. The van der Waals surface area contributed by atoms with Gasteiger partial charge in [-0.25, -0.2) is 14.5 Å². The maximum Gasteiger partial charge on any atom is 0.363 e. The molecule has 0 spiro atoms. The largest absolute Gasteiger partial charge is 0.402 e. The van der Waals surface area contributed by atoms with Gasteiger partial charge in [0.05, 0.1) is 0 Å². The first-order chi connectivity index (χ1) is 13.5. The van der Waals surface area contributed by atoms with Crippen molar-refractivity contribution in [3.05, 3.63) is 83.2 Å². The fourth-order valence-corrected chi connectivity index (χ4v) is 2.96. The van der Waals surface area contributed by atoms with Gasteiger partial charge in [-0.3, -0.25) is 4.79 Å². The Labute approximate surface area is 161 Å². The first-order valence-corrected chi connectivity index (χ1v) is 8.77. The SMILES string of the molecule is CC(=O)n1cc(C=C2N=C(c3ccccc3C)OC2=O)c(-c2ccccc2)n1. The number of hydrogen-bond acceptors (Lipinski definition) is 5. The molecule has 138 valence electrons. The quantitative estimate of drug-likeness (QED) is 0.518. The normalized spacial score (nSPS) is 14.9. The highest BCUT2D eigenvalue weighted by molar-refractivity contribution is 6.13. The Morgan fingerprint density at radius 3 is 2.50 bits per heavy atom. The fourth-order valence-electron chi connectivity index (χ4n) is 2.96. The molecule has 0 atom stereocenters. The van der Waals surface area contributed by atoms with Crippen molar-refractivity contribution in [1.29, 1.82) is 0 Å². The van der Waals surface area contributed by atoms with E-state index in [2.05, 4.69) is 10.1 Å². The van der Waals surface area contributed by atoms with Crippen LogP contribution in [0.1, 0.15) is 28.4 Å². The zero-order chi connectivity index (χ0) is 19.7. The van der Waals surface area contributed by atoms with Crippen LogP contribution in [0, 0.1) is 6.92 Å². The number of ether oxygens (including phenoxy) is 1. The summed E-state index contributed by atoms with van der Waals surface area (Å²) in [6.45, 7) is 3.36. The van der Waals surface area contributed by atoms with Gasteiger partial charge >= 0.3 is 5.97 Å². The molecule has 0 saturated carbocycles. The molecule has 0 saturated heterocycles. The fraction of sp³-hybridized carbons (Fsp3) is 0.0909. The van der Waals surface area contributed by atoms with Gasteiger partial charge in [0, 0.05) is 29.8 Å². The summed E-state index contributed by atoms with van der Waals surface area (Å²) < 4.78 is 6.61. The molecule has 1 aliphatic heterocycles. The number of aliphatic imine (C=N–C) groups is 1. The van der Waals surface area contributed by atoms with E-state index in [0.29, 0.717) is 11.3 Å². The van der Waals surface area contributed by atoms with Gasteiger partial charge in [-0.1, -0.05) is 48.5 Å². The van der Waals surface area contributed by atoms with E-state index in [1.807, 2.05) is 61.5 Å². The van der Waals surface area contributed by atoms with E-state index >= 15 is 0 Å². The summed E-state index contributed by atoms with van der Waals surface area (Å²) in [6, 6.07) is 17.0. The number of benzene rings is 2. The summed E-state index contributed by atoms with van der Waals surface area (Å²) in [5.74, 6) is -0.484. The summed E-state index contributed by atoms with van der Waals surface area (Å²) in [4.78, 5) is 28.5. The molecule has 0 aliphatic carbocycles. The van der Waals surface area contributed by atoms with E-state index in [9.17, 15) is 9.59 Å². The lowest BCUT2D eigenvalue weighted by Gasteiger charge is -2.02. The van der Waals surface area contributed by atoms with Crippen LogP contribution in [0.25, 0.3) is 17.3 Å². The second-order valence-corrected chi connectivity index (χ2v) is 6.41. The number of rotatable bonds is 3. The van der Waals surface area contributed by atoms with Crippen LogP contribution in [0.3, 0.4) is 0 Å². The molecule has 28 heavy (non-hydrogen) atoms. The highest BCUT2D eigenvalue weighted by Gasteiger charge is 2.26. The van der Waals surface area contributed by atoms with E-state index < -0.39 is 5.97 Å². The number of esters is 1. The van der Waals surface area contributed by atoms with Gasteiger partial charge in [-0.2, -0.15) is 5.10 Å². The van der Waals surface area contributed by atoms with E-state index in [1.54, 1.807) is 12.3 Å². The average Bonchev–Trinajstić information content (AvgIpc) is 3.27. The predicted molar refractivity (Wildman–Crippen MR) is 106 cm³/mol. The maximum absolute atomic E-state index is 12.4. The number of hydrogen-bond donors (Lipinski definition) is 0. The molecule has 1 aromatic heterocycles. The van der Waals surface area contributed by atoms with Crippen molar-refractivity contribution in [1.82, 2.24) is 9.78 Å². The van der Waals surface area contributed by atoms with Crippen molar-refractivity contribution in [3.8, 4) is 11.3 Å². The Morgan fingerprint density at radius 2 is 1.79 bits per heavy atom. The summed E-state index contributed by atoms with van der Waals surface area (Å²) in [7, 11) is 0. The molecule has 4 rings (SSSR count). The van der Waals surface area contributed by atoms with Crippen molar-refractivity contribution < 1.29 is 14.3 Å². The summed E-state index contributed by atoms with van der Waals surface area (Å²) >= 11 is 0. The third-order valence-corrected chi connectivity index (χ3v) is 4.40. The third kappa shape index (κ3) is 3.27. The number of cyclic esters (lactones) is 1. The monoisotopic (exact) mass is 371 g/mol. The first kappa shape index (κ1) is 17.6. The molecular weight excluding hydrogens is 354 g/mol. The van der Waals surface area contributed by atoms with Crippen molar-refractivity contribution in [2.75, 3.05) is 0 Å². The molecule has 0 radical (unpaired) electrons. The Balaban J connectivity index is 1.79. The predicted octanol–water partition coefficient (Wildman–Crippen LogP) is 3.86. The van der Waals surface area contributed by atoms with Gasteiger partial charge in [0.1, 0.15) is 5.69 Å². The molecule has 0 amide bonds. The van der Waals surface area contributed by atoms with Crippen molar-refractivity contribution in [2.45, 2.75) is 13.8 Å². The minimum Gasteiger partial charge on any atom is -0.402 e. The van der Waals surface area contributed by atoms with Crippen LogP contribution in [0.4, 0.5) is 0 Å². The van der Waals surface area contributed by atoms with Gasteiger partial charge in [-0.15, -0.1) is 0 Å². The molecule has 6 nitrogen and oxygen atoms in total. The Kier molecular flexibility index (Phi) is 4.45. The average molecular weight is 371 g/mol. The van der Waals surface area contributed by atoms with Crippen LogP contribution in [0.5, 0.6) is 0 Å². The number of carbonyl (C=O) groups is 2. The van der Waals surface area contributed by atoms with E-state index in [4.69, 9.17) is 4.74 Å². The maximum atomic E-state index is 12.4. The van der Waals surface area contributed by atoms with Crippen LogP contribution < -0.4 is 0 Å². The number of aryl methyl sites for hydroxylation is 1. The molecule has 2 aromatic carbocycles. The van der Waals surface area contributed by atoms with Crippen molar-refractivity contribution in [3.63, 3.8) is 0 Å². The minimum absolute atomic E-state index is 0.165. The summed E-state index contributed by atoms with van der Waals surface area (Å²) in [6.07, 6.45) is 3.19. The third-order valence-electron chi connectivity index (χ3n) is 4.40. The van der Waals surface area contributed by atoms with Gasteiger partial charge in [0.15, 0.2) is 5.70 Å². The molecule has 1 aliphatic rings. The van der Waals surface area contributed by atoms with E-state index in [-0.39, 0.29) is 17.5 Å². The summed E-state index contributed by atoms with van der Waals surface area (Å²) in [5, 5.41) is 4.36. The zero-order valence-corrected chi connectivity index (χ0v) is 15.4. The number of nitrogens with zero attached hydrogens (tertiary/aromatic N) is 3. The van der Waals surface area contributed by atoms with Gasteiger partial charge in [-0.05, 0) is 24.6 Å². The molecule has 0 N–H and O–H groups in total. The smallest absolute Gasteiger partial charge is 0.363 e. The van der Waals surface area contributed by atoms with Gasteiger partial charge < -0.3 is 4.74 Å². The lowest BCUT2D eigenvalue weighted by Crippen LogP contribution is -2.06. The second kappa shape index (κ2) is 7.08. The topological polar surface area (TPSA) is 73.6 Å². The molecule has 6 heteroatoms. The summed E-state index contributed by atoms with van der Waals surface area (Å²) in [5.41, 5.74) is 3.94. The standard InChI is InChI=1S/C22H17N3O3/c1-14-8-6-7-11-18(14)21-23-19(22(27)28-21)12-17-13-25(15(2)26)24-20(17)16-9-4-3-5-10-16/h3-13H,1-2H3. The zero-order valence-electron chi connectivity index (χ0n) is 15.4. The van der Waals surface area contributed by atoms with E-state index in [1.165, 1.54) is 11.6 Å². The lowest BCUT2D eigenvalue weighted by atomic mass is 10.1. The van der Waals surface area contributed by atoms with Crippen LogP contribution in [-0.4, -0.2) is 27.6 Å². The molecule has 2 heterocycles. The van der Waals surface area contributed by atoms with E-state index in [0.717, 1.165) is 16.7 Å². The Hall–Kier alpha value is -3.80. The molecule has 3 aromatic rings. The van der Waals surface area contributed by atoms with Gasteiger partial charge in [0.25, 0.3) is 0 Å². The number of carbonyl (C=O) groups excluding carboxylic acids is 2. The van der Waals surface area contributed by atoms with Gasteiger partial charge in [0.2, 0.25) is 11.8 Å². The van der Waals surface area contributed by atoms with Crippen molar-refractivity contribution in [2.24, 2.45) is 4.99 Å². The van der Waals surface area contributed by atoms with Crippen molar-refractivity contribution >= 4 is 23.9 Å². The Bertz CT molecular complexity index is 1140. The second-order valence-electron chi connectivity index (χ2n) is 6.41.